The van der Waals surface area contributed by atoms with Gasteiger partial charge in [0.15, 0.2) is 0 Å². The summed E-state index contributed by atoms with van der Waals surface area (Å²) < 4.78 is 0. The standard InChI is InChI=1S/C14H18N2OS/c15-14(17)9-5-6-13-11(7-9)16-8-10-3-1-2-4-12(10)18-13/h1-6,9-13,16H,7-8H2,(H2,15,17). The van der Waals surface area contributed by atoms with Gasteiger partial charge in [-0.25, -0.2) is 0 Å². The van der Waals surface area contributed by atoms with E-state index in [2.05, 4.69) is 35.7 Å². The smallest absolute Gasteiger partial charge is 0.224 e. The van der Waals surface area contributed by atoms with Crippen LogP contribution in [0, 0.1) is 11.8 Å². The van der Waals surface area contributed by atoms with Crippen LogP contribution in [0.5, 0.6) is 0 Å². The Morgan fingerprint density at radius 2 is 2.00 bits per heavy atom. The molecule has 1 fully saturated rings. The minimum Gasteiger partial charge on any atom is -0.369 e. The molecule has 96 valence electrons. The van der Waals surface area contributed by atoms with Gasteiger partial charge in [-0.3, -0.25) is 4.79 Å². The molecule has 4 heteroatoms. The zero-order valence-corrected chi connectivity index (χ0v) is 11.0. The second-order valence-corrected chi connectivity index (χ2v) is 6.50. The van der Waals surface area contributed by atoms with Gasteiger partial charge in [-0.2, -0.15) is 0 Å². The van der Waals surface area contributed by atoms with Gasteiger partial charge in [-0.15, -0.1) is 11.8 Å². The summed E-state index contributed by atoms with van der Waals surface area (Å²) >= 11 is 1.99. The van der Waals surface area contributed by atoms with E-state index in [0.29, 0.717) is 22.5 Å². The van der Waals surface area contributed by atoms with E-state index in [-0.39, 0.29) is 11.8 Å². The van der Waals surface area contributed by atoms with Gasteiger partial charge in [-0.1, -0.05) is 36.5 Å². The van der Waals surface area contributed by atoms with Gasteiger partial charge in [0.1, 0.15) is 0 Å². The van der Waals surface area contributed by atoms with E-state index in [1.54, 1.807) is 0 Å². The second-order valence-electron chi connectivity index (χ2n) is 5.14. The summed E-state index contributed by atoms with van der Waals surface area (Å²) in [5.41, 5.74) is 5.40. The third kappa shape index (κ3) is 2.27. The number of amides is 1. The Morgan fingerprint density at radius 3 is 2.83 bits per heavy atom. The van der Waals surface area contributed by atoms with E-state index in [1.165, 1.54) is 0 Å². The highest BCUT2D eigenvalue weighted by Crippen LogP contribution is 2.37. The van der Waals surface area contributed by atoms with Crippen LogP contribution in [0.1, 0.15) is 6.42 Å². The van der Waals surface area contributed by atoms with Gasteiger partial charge in [-0.05, 0) is 6.42 Å². The predicted octanol–water partition coefficient (Wildman–Crippen LogP) is 1.23. The summed E-state index contributed by atoms with van der Waals surface area (Å²) in [6.45, 7) is 0.985. The first-order chi connectivity index (χ1) is 8.74. The lowest BCUT2D eigenvalue weighted by molar-refractivity contribution is -0.120. The third-order valence-electron chi connectivity index (χ3n) is 3.93. The molecule has 3 rings (SSSR count). The number of hydrogen-bond acceptors (Lipinski definition) is 3. The van der Waals surface area contributed by atoms with Crippen LogP contribution in [0.15, 0.2) is 36.5 Å². The molecule has 3 aliphatic rings. The SMILES string of the molecule is NC(=O)C1C=CC2SC3C=CC=CC3CNC2C1. The van der Waals surface area contributed by atoms with Crippen LogP contribution in [0.25, 0.3) is 0 Å². The number of hydrogen-bond donors (Lipinski definition) is 2. The van der Waals surface area contributed by atoms with E-state index in [4.69, 9.17) is 5.73 Å². The van der Waals surface area contributed by atoms with Crippen molar-refractivity contribution in [3.63, 3.8) is 0 Å². The van der Waals surface area contributed by atoms with Crippen LogP contribution < -0.4 is 11.1 Å². The van der Waals surface area contributed by atoms with E-state index >= 15 is 0 Å². The molecule has 18 heavy (non-hydrogen) atoms. The molecule has 0 aromatic rings. The van der Waals surface area contributed by atoms with Crippen molar-refractivity contribution in [2.75, 3.05) is 6.54 Å². The molecule has 0 spiro atoms. The van der Waals surface area contributed by atoms with Gasteiger partial charge in [0, 0.05) is 29.0 Å². The molecule has 3 N–H and O–H groups in total. The molecule has 0 radical (unpaired) electrons. The minimum absolute atomic E-state index is 0.106. The van der Waals surface area contributed by atoms with E-state index in [9.17, 15) is 4.79 Å². The van der Waals surface area contributed by atoms with Crippen molar-refractivity contribution in [1.82, 2.24) is 5.32 Å². The van der Waals surface area contributed by atoms with E-state index in [1.807, 2.05) is 17.8 Å². The maximum Gasteiger partial charge on any atom is 0.224 e. The van der Waals surface area contributed by atoms with E-state index in [0.717, 1.165) is 13.0 Å². The topological polar surface area (TPSA) is 55.1 Å². The molecule has 0 aromatic carbocycles. The number of primary amides is 1. The van der Waals surface area contributed by atoms with Crippen molar-refractivity contribution in [1.29, 1.82) is 0 Å². The number of nitrogens with one attached hydrogen (secondary N) is 1. The molecular formula is C14H18N2OS. The fourth-order valence-electron chi connectivity index (χ4n) is 2.85. The molecule has 3 nitrogen and oxygen atoms in total. The average Bonchev–Trinajstić information content (AvgIpc) is 2.56. The number of nitrogens with two attached hydrogens (primary N) is 1. The molecule has 5 unspecified atom stereocenters. The third-order valence-corrected chi connectivity index (χ3v) is 5.55. The molecule has 1 aliphatic heterocycles. The highest BCUT2D eigenvalue weighted by molar-refractivity contribution is 8.00. The number of allylic oxidation sites excluding steroid dienone is 2. The van der Waals surface area contributed by atoms with Gasteiger partial charge < -0.3 is 11.1 Å². The molecule has 0 saturated carbocycles. The van der Waals surface area contributed by atoms with Crippen LogP contribution in [0.3, 0.4) is 0 Å². The molecule has 1 heterocycles. The number of fused-ring (bicyclic) bond motifs is 2. The maximum atomic E-state index is 11.3. The molecule has 1 amide bonds. The lowest BCUT2D eigenvalue weighted by Gasteiger charge is -2.29. The molecule has 0 aromatic heterocycles. The van der Waals surface area contributed by atoms with Gasteiger partial charge >= 0.3 is 0 Å². The van der Waals surface area contributed by atoms with Crippen molar-refractivity contribution in [2.24, 2.45) is 17.6 Å². The van der Waals surface area contributed by atoms with Crippen molar-refractivity contribution in [3.05, 3.63) is 36.5 Å². The zero-order valence-electron chi connectivity index (χ0n) is 10.2. The summed E-state index contributed by atoms with van der Waals surface area (Å²) in [5.74, 6) is 0.245. The molecular weight excluding hydrogens is 244 g/mol. The zero-order chi connectivity index (χ0) is 12.5. The largest absolute Gasteiger partial charge is 0.369 e. The van der Waals surface area contributed by atoms with Crippen LogP contribution in [0.4, 0.5) is 0 Å². The molecule has 1 saturated heterocycles. The molecule has 0 bridgehead atoms. The first-order valence-electron chi connectivity index (χ1n) is 6.45. The Balaban J connectivity index is 1.77. The van der Waals surface area contributed by atoms with Crippen molar-refractivity contribution >= 4 is 17.7 Å². The fraction of sp³-hybridized carbons (Fsp3) is 0.500. The number of carbonyl (C=O) groups is 1. The number of thioether (sulfide) groups is 1. The number of rotatable bonds is 1. The summed E-state index contributed by atoms with van der Waals surface area (Å²) in [4.78, 5) is 11.3. The summed E-state index contributed by atoms with van der Waals surface area (Å²) in [6.07, 6.45) is 13.8. The Labute approximate surface area is 112 Å². The first kappa shape index (κ1) is 12.1. The molecule has 2 aliphatic carbocycles. The van der Waals surface area contributed by atoms with Crippen molar-refractivity contribution in [2.45, 2.75) is 23.0 Å². The van der Waals surface area contributed by atoms with Crippen LogP contribution >= 0.6 is 11.8 Å². The fourth-order valence-corrected chi connectivity index (χ4v) is 4.36. The van der Waals surface area contributed by atoms with Crippen molar-refractivity contribution < 1.29 is 4.79 Å². The Bertz CT molecular complexity index is 430. The van der Waals surface area contributed by atoms with Crippen LogP contribution in [-0.4, -0.2) is 29.0 Å². The average molecular weight is 262 g/mol. The lowest BCUT2D eigenvalue weighted by Crippen LogP contribution is -2.43. The van der Waals surface area contributed by atoms with E-state index < -0.39 is 0 Å². The first-order valence-corrected chi connectivity index (χ1v) is 7.40. The Hall–Kier alpha value is -1.00. The van der Waals surface area contributed by atoms with Gasteiger partial charge in [0.05, 0.1) is 5.92 Å². The van der Waals surface area contributed by atoms with Crippen LogP contribution in [-0.2, 0) is 4.79 Å². The highest BCUT2D eigenvalue weighted by atomic mass is 32.2. The second kappa shape index (κ2) is 4.94. The number of carbonyl (C=O) groups excluding carboxylic acids is 1. The highest BCUT2D eigenvalue weighted by Gasteiger charge is 2.35. The summed E-state index contributed by atoms with van der Waals surface area (Å²) in [7, 11) is 0. The van der Waals surface area contributed by atoms with Crippen LogP contribution in [0.2, 0.25) is 0 Å². The van der Waals surface area contributed by atoms with Gasteiger partial charge in [0.25, 0.3) is 0 Å². The normalized spacial score (nSPS) is 41.9. The molecule has 5 atom stereocenters. The quantitative estimate of drug-likeness (QED) is 0.699. The summed E-state index contributed by atoms with van der Waals surface area (Å²) in [6, 6.07) is 0.366. The lowest BCUT2D eigenvalue weighted by atomic mass is 9.90. The van der Waals surface area contributed by atoms with Crippen molar-refractivity contribution in [3.8, 4) is 0 Å². The summed E-state index contributed by atoms with van der Waals surface area (Å²) in [5, 5.41) is 4.60. The monoisotopic (exact) mass is 262 g/mol. The predicted molar refractivity (Wildman–Crippen MR) is 75.2 cm³/mol. The Kier molecular flexibility index (Phi) is 3.31. The minimum atomic E-state index is -0.210. The van der Waals surface area contributed by atoms with Gasteiger partial charge in [0.2, 0.25) is 5.91 Å². The Morgan fingerprint density at radius 1 is 1.17 bits per heavy atom. The maximum absolute atomic E-state index is 11.3.